The van der Waals surface area contributed by atoms with Gasteiger partial charge < -0.3 is 134 Å². The summed E-state index contributed by atoms with van der Waals surface area (Å²) in [5.41, 5.74) is 0. The van der Waals surface area contributed by atoms with Crippen LogP contribution in [0.1, 0.15) is 0 Å². The van der Waals surface area contributed by atoms with Gasteiger partial charge in [0.05, 0.1) is 40.9 Å². The Hall–Kier alpha value is 12.7. The molecular formula is C30H35Na15O77PS16-3. The van der Waals surface area contributed by atoms with Crippen LogP contribution in [0.5, 0.6) is 0 Å². The summed E-state index contributed by atoms with van der Waals surface area (Å²) in [7, 11) is -120. The second-order valence-corrected chi connectivity index (χ2v) is 39.8. The molecule has 109 heteroatoms. The molecule has 0 N–H and O–H groups in total. The van der Waals surface area contributed by atoms with E-state index in [1.54, 1.807) is 0 Å². The largest absolute Gasteiger partial charge is 1.00 e. The molecule has 0 unspecified atom stereocenters. The predicted molar refractivity (Wildman–Crippen MR) is 310 cm³/mol. The van der Waals surface area contributed by atoms with Crippen molar-refractivity contribution in [1.29, 1.82) is 0 Å². The zero-order valence-electron chi connectivity index (χ0n) is 71.4. The fraction of sp³-hybridized carbons (Fsp3) is 1.00. The zero-order valence-corrected chi connectivity index (χ0v) is 115. The monoisotopic (exact) mass is 2510 g/mol. The average molecular weight is 2520 g/mol. The van der Waals surface area contributed by atoms with Crippen molar-refractivity contribution >= 4 is 174 Å². The van der Waals surface area contributed by atoms with E-state index in [9.17, 15) is 222 Å². The first-order valence-electron chi connectivity index (χ1n) is 28.6. The Morgan fingerprint density at radius 2 is 0.309 bits per heavy atom. The van der Waals surface area contributed by atoms with Crippen molar-refractivity contribution in [2.75, 3.05) is 33.0 Å². The van der Waals surface area contributed by atoms with E-state index < -0.39 is 361 Å². The third-order valence-electron chi connectivity index (χ3n) is 13.8. The molecule has 25 atom stereocenters. The Balaban J connectivity index is -0.00000121. The molecule has 5 rings (SSSR count). The first-order chi connectivity index (χ1) is 55.0. The minimum Gasteiger partial charge on any atom is -0.790 e. The van der Waals surface area contributed by atoms with Crippen LogP contribution in [0.4, 0.5) is 0 Å². The van der Waals surface area contributed by atoms with Crippen LogP contribution in [-0.2, 0) is 285 Å². The van der Waals surface area contributed by atoms with Gasteiger partial charge in [-0.05, 0) is 0 Å². The molecule has 736 valence electrons. The molecule has 0 saturated carbocycles. The molecule has 0 amide bonds. The van der Waals surface area contributed by atoms with Crippen molar-refractivity contribution in [3.63, 3.8) is 0 Å². The number of phosphoric ester groups is 1. The normalized spacial score (nSPS) is 29.3. The quantitative estimate of drug-likeness (QED) is 0.0236. The number of hydrogen-bond donors (Lipinski definition) is 0. The predicted octanol–water partition coefficient (Wildman–Crippen LogP) is -66.3. The van der Waals surface area contributed by atoms with E-state index >= 15 is 0 Å². The van der Waals surface area contributed by atoms with Crippen LogP contribution in [0.15, 0.2) is 0 Å². The van der Waals surface area contributed by atoms with Crippen molar-refractivity contribution in [1.82, 2.24) is 0 Å². The van der Waals surface area contributed by atoms with E-state index in [2.05, 4.69) is 71.5 Å². The van der Waals surface area contributed by atoms with Gasteiger partial charge in [0.1, 0.15) is 97.7 Å². The molecule has 0 aliphatic carbocycles. The summed E-state index contributed by atoms with van der Waals surface area (Å²) in [5.74, 6) is 0. The molecule has 5 heterocycles. The second kappa shape index (κ2) is 69.3. The summed E-state index contributed by atoms with van der Waals surface area (Å²) in [4.78, 5) is 23.4. The molecule has 0 spiro atoms. The van der Waals surface area contributed by atoms with E-state index in [-0.39, 0.29) is 443 Å². The van der Waals surface area contributed by atoms with Gasteiger partial charge in [-0.3, -0.25) is 62.7 Å². The molecule has 0 aromatic rings. The van der Waals surface area contributed by atoms with Crippen LogP contribution in [0.2, 0.25) is 0 Å². The average Bonchev–Trinajstić information content (AvgIpc) is 0.743. The number of rotatable bonds is 47. The third-order valence-corrected chi connectivity index (χ3v) is 21.4. The van der Waals surface area contributed by atoms with Gasteiger partial charge in [0.2, 0.25) is 173 Å². The van der Waals surface area contributed by atoms with E-state index in [1.165, 1.54) is 0 Å². The molecule has 77 nitrogen and oxygen atoms in total. The van der Waals surface area contributed by atoms with Crippen LogP contribution < -0.4 is 453 Å². The Morgan fingerprint density at radius 1 is 0.173 bits per heavy atom. The van der Waals surface area contributed by atoms with E-state index in [1.807, 2.05) is 0 Å². The fourth-order valence-corrected chi connectivity index (χ4v) is 17.7. The van der Waals surface area contributed by atoms with Gasteiger partial charge in [-0.15, -0.1) is 0 Å². The molecule has 0 radical (unpaired) electrons. The van der Waals surface area contributed by atoms with Gasteiger partial charge in [0.25, 0.3) is 0 Å². The van der Waals surface area contributed by atoms with Gasteiger partial charge >= 0.3 is 443 Å². The Bertz CT molecular complexity index is 5840. The van der Waals surface area contributed by atoms with Crippen LogP contribution in [0, 0.1) is 0 Å². The van der Waals surface area contributed by atoms with Crippen LogP contribution in [0.3, 0.4) is 0 Å². The van der Waals surface area contributed by atoms with E-state index in [0.717, 1.165) is 0 Å². The Kier molecular flexibility index (Phi) is 86.8. The van der Waals surface area contributed by atoms with Crippen molar-refractivity contribution in [3.8, 4) is 0 Å². The number of hydrogen-bond acceptors (Lipinski definition) is 77. The van der Waals surface area contributed by atoms with Gasteiger partial charge in [-0.2, -0.15) is 0 Å². The maximum Gasteiger partial charge on any atom is 1.00 e. The van der Waals surface area contributed by atoms with Gasteiger partial charge in [-0.25, -0.2) is 139 Å². The second-order valence-electron chi connectivity index (χ2n) is 22.3. The fourth-order valence-electron chi connectivity index (χ4n) is 10.4. The minimum absolute atomic E-state index is 0. The third kappa shape index (κ3) is 69.6. The Morgan fingerprint density at radius 3 is 0.482 bits per heavy atom. The minimum atomic E-state index is -7.54. The van der Waals surface area contributed by atoms with Crippen LogP contribution >= 0.6 is 7.82 Å². The van der Waals surface area contributed by atoms with Gasteiger partial charge in [-0.1, -0.05) is 0 Å². The summed E-state index contributed by atoms with van der Waals surface area (Å²) in [6, 6.07) is 0. The molecule has 0 aromatic carbocycles. The standard InChI is InChI=1S/C30H53O77PS16.15Na/c31-108(32,33)82-1-6-14(99-116(55,56)57)20(102-119(64,65)66)25(106-123(76,77)78)29(87-6)94-17-12(97-114(49,50)51)8(3-84-110(37,38)39)89-27(23(17)104-121(70,71)72)92-16-11(96-113(46,47)48)7(2-83-109(34,35)36)88-26(22(16)103-120(67,68)69)93-18-13(98-115(52,53)54)9(4-85-111(40,41)42)90-28(24(18)105-122(73,74)75)95-21-19(101-118(61,62)63)15(100-117(58,59)60)10(5-86-112(43,44)45)91-30(21)107-124(79,80)81;;;;;;;;;;;;;;;/h6-30H,1-5H2,(H2,31,32,33)(H,34,35,36)(H,37,38,39)(H,40,41,42)(H,43,44,45)(H,46,47,48)(H,49,50,51)(H,52,53,54)(H,55,56,57)(H,58,59,60)(H,61,62,63)(H,64,65,66)(H,67,68,69)(H,70,71,72)(H,73,74,75)(H,76,77,78)(H,79,80,81);;;;;;;;;;;;;;;/q;15*+1/p-18/t6-,7-,8-,9-,10-,11-,12-,13-,14-,15-,16+,17+,18+,19+,20+,21+,22+,23+,24+,25+,26-,27-,28-,29-,30-;;;;;;;;;;;;;;;/m1.............../s1. The molecule has 5 saturated heterocycles. The SMILES string of the molecule is O=P([O-])([O-])OC[C@H]1O[C@H](O[C@@H]2[C@H](OS(=O)(=O)[O-])[C@@H](O[C@@H]3[C@H](OS(=O)(=O)[O-])[C@@H](O[C@@H]4[C@H](OS(=O)(=O)[O-])[C@@H](O[C@@H]5[C@@H](OS(=O)(=O)[O-])O[C@H](COS(=O)(=O)[O-])[C@@H](OS(=O)(=O)[O-])[C@@H]5OS(=O)(=O)[O-])O[C@H](COS(=O)(=O)[O-])[C@H]4OS(=O)(=O)[O-])O[C@H](COS(=O)(=O)[O-])[C@H]3OS(=O)(=O)[O-])O[C@H](COS(=O)(=O)[O-])[C@H]2OS(=O)(=O)[O-])[C@@H](OS(=O)(=O)[O-])[C@@H](OS(=O)(=O)[O-])[C@@H]1OS(=O)(=O)[O-].[Na+].[Na+].[Na+].[Na+].[Na+].[Na+].[Na+].[Na+].[Na+].[Na+].[Na+].[Na+].[Na+].[Na+].[Na+]. The topological polar surface area (TPSA) is 1220 Å². The summed E-state index contributed by atoms with van der Waals surface area (Å²) in [6.07, 6.45) is -105. The summed E-state index contributed by atoms with van der Waals surface area (Å²) < 4.78 is 719. The smallest absolute Gasteiger partial charge is 0.790 e. The van der Waals surface area contributed by atoms with Crippen LogP contribution in [-0.4, -0.2) is 394 Å². The zero-order chi connectivity index (χ0) is 95.9. The molecule has 0 aromatic heterocycles. The van der Waals surface area contributed by atoms with Crippen LogP contribution in [0.25, 0.3) is 0 Å². The summed E-state index contributed by atoms with van der Waals surface area (Å²) in [6.45, 7) is -13.4. The first kappa shape index (κ1) is 174. The van der Waals surface area contributed by atoms with E-state index in [0.29, 0.717) is 0 Å². The Labute approximate surface area is 1120 Å². The molecule has 139 heavy (non-hydrogen) atoms. The molecule has 5 aliphatic heterocycles. The molecule has 5 fully saturated rings. The number of ether oxygens (including phenoxy) is 9. The molecule has 0 bridgehead atoms. The summed E-state index contributed by atoms with van der Waals surface area (Å²) >= 11 is 0. The van der Waals surface area contributed by atoms with Gasteiger partial charge in [0.15, 0.2) is 49.6 Å². The summed E-state index contributed by atoms with van der Waals surface area (Å²) in [5, 5.41) is 0. The maximum atomic E-state index is 13.1. The van der Waals surface area contributed by atoms with Crippen molar-refractivity contribution in [2.24, 2.45) is 0 Å². The van der Waals surface area contributed by atoms with E-state index in [4.69, 9.17) is 42.6 Å². The maximum absolute atomic E-state index is 13.1. The van der Waals surface area contributed by atoms with Crippen molar-refractivity contribution < 1.29 is 779 Å². The van der Waals surface area contributed by atoms with Gasteiger partial charge in [0, 0.05) is 0 Å². The molecular weight excluding hydrogens is 2480 g/mol. The molecule has 5 aliphatic rings. The first-order valence-corrected chi connectivity index (χ1v) is 51.4. The van der Waals surface area contributed by atoms with Crippen molar-refractivity contribution in [3.05, 3.63) is 0 Å². The van der Waals surface area contributed by atoms with Crippen molar-refractivity contribution in [2.45, 2.75) is 154 Å². The number of phosphoric acid groups is 1.